The Morgan fingerprint density at radius 3 is 3.00 bits per heavy atom. The fourth-order valence-electron chi connectivity index (χ4n) is 2.54. The van der Waals surface area contributed by atoms with Gasteiger partial charge in [0.1, 0.15) is 11.6 Å². The van der Waals surface area contributed by atoms with E-state index < -0.39 is 11.6 Å². The molecule has 25 heavy (non-hydrogen) atoms. The van der Waals surface area contributed by atoms with Crippen molar-refractivity contribution in [3.8, 4) is 0 Å². The molecule has 0 aromatic heterocycles. The molecule has 2 N–H and O–H groups in total. The van der Waals surface area contributed by atoms with E-state index in [0.29, 0.717) is 44.2 Å². The molecule has 140 valence electrons. The number of aliphatic imine (C=N–C) groups is 1. The van der Waals surface area contributed by atoms with Gasteiger partial charge in [0.15, 0.2) is 5.96 Å². The van der Waals surface area contributed by atoms with E-state index >= 15 is 0 Å². The molecule has 0 aliphatic carbocycles. The second kappa shape index (κ2) is 10.3. The van der Waals surface area contributed by atoms with Gasteiger partial charge in [-0.15, -0.1) is 0 Å². The number of ether oxygens (including phenoxy) is 2. The summed E-state index contributed by atoms with van der Waals surface area (Å²) < 4.78 is 37.9. The Balaban J connectivity index is 1.81. The Kier molecular flexibility index (Phi) is 8.08. The average Bonchev–Trinajstić information content (AvgIpc) is 3.10. The van der Waals surface area contributed by atoms with E-state index in [2.05, 4.69) is 15.6 Å². The second-order valence-corrected chi connectivity index (χ2v) is 6.11. The quantitative estimate of drug-likeness (QED) is 0.555. The Morgan fingerprint density at radius 1 is 1.44 bits per heavy atom. The number of hydrogen-bond acceptors (Lipinski definition) is 3. The molecule has 1 saturated heterocycles. The molecule has 0 saturated carbocycles. The van der Waals surface area contributed by atoms with Crippen molar-refractivity contribution in [1.82, 2.24) is 10.6 Å². The molecule has 1 aromatic rings. The van der Waals surface area contributed by atoms with Crippen LogP contribution in [0.5, 0.6) is 0 Å². The third kappa shape index (κ3) is 6.96. The molecule has 2 rings (SSSR count). The molecule has 0 amide bonds. The molecule has 1 heterocycles. The Morgan fingerprint density at radius 2 is 2.28 bits per heavy atom. The van der Waals surface area contributed by atoms with Crippen molar-refractivity contribution in [1.29, 1.82) is 0 Å². The summed E-state index contributed by atoms with van der Waals surface area (Å²) in [5, 5.41) is 6.40. The van der Waals surface area contributed by atoms with Gasteiger partial charge in [-0.05, 0) is 50.5 Å². The molecule has 0 radical (unpaired) electrons. The maximum atomic E-state index is 13.6. The first kappa shape index (κ1) is 19.6. The highest BCUT2D eigenvalue weighted by molar-refractivity contribution is 5.80. The fraction of sp³-hybridized carbons (Fsp3) is 0.611. The van der Waals surface area contributed by atoms with E-state index in [0.717, 1.165) is 25.2 Å². The number of halogens is 2. The molecule has 7 heteroatoms. The van der Waals surface area contributed by atoms with Gasteiger partial charge in [0, 0.05) is 25.7 Å². The van der Waals surface area contributed by atoms with Crippen molar-refractivity contribution in [2.24, 2.45) is 4.99 Å². The molecule has 2 atom stereocenters. The SMILES string of the molecule is CCNC(=NCCc1cc(F)ccc1F)NC(C)COC1CCOC1. The summed E-state index contributed by atoms with van der Waals surface area (Å²) in [7, 11) is 0. The molecular weight excluding hydrogens is 328 g/mol. The number of hydrogen-bond donors (Lipinski definition) is 2. The van der Waals surface area contributed by atoms with Crippen LogP contribution in [-0.2, 0) is 15.9 Å². The summed E-state index contributed by atoms with van der Waals surface area (Å²) in [4.78, 5) is 4.42. The van der Waals surface area contributed by atoms with Crippen LogP contribution in [-0.4, -0.2) is 51.0 Å². The van der Waals surface area contributed by atoms with Crippen LogP contribution in [0.25, 0.3) is 0 Å². The molecule has 1 fully saturated rings. The first-order valence-corrected chi connectivity index (χ1v) is 8.76. The standard InChI is InChI=1S/C18H27F2N3O2/c1-3-21-18(23-13(2)11-25-16-7-9-24-12-16)22-8-6-14-10-15(19)4-5-17(14)20/h4-5,10,13,16H,3,6-9,11-12H2,1-2H3,(H2,21,22,23). The average molecular weight is 355 g/mol. The monoisotopic (exact) mass is 355 g/mol. The predicted octanol–water partition coefficient (Wildman–Crippen LogP) is 2.26. The zero-order chi connectivity index (χ0) is 18.1. The highest BCUT2D eigenvalue weighted by atomic mass is 19.1. The van der Waals surface area contributed by atoms with E-state index in [9.17, 15) is 8.78 Å². The van der Waals surface area contributed by atoms with Crippen LogP contribution in [0.15, 0.2) is 23.2 Å². The number of rotatable bonds is 8. The van der Waals surface area contributed by atoms with Crippen molar-refractivity contribution < 1.29 is 18.3 Å². The lowest BCUT2D eigenvalue weighted by molar-refractivity contribution is 0.0347. The molecule has 2 unspecified atom stereocenters. The predicted molar refractivity (Wildman–Crippen MR) is 93.8 cm³/mol. The van der Waals surface area contributed by atoms with Crippen molar-refractivity contribution >= 4 is 5.96 Å². The summed E-state index contributed by atoms with van der Waals surface area (Å²) >= 11 is 0. The van der Waals surface area contributed by atoms with Gasteiger partial charge < -0.3 is 20.1 Å². The van der Waals surface area contributed by atoms with E-state index in [1.165, 1.54) is 6.07 Å². The third-order valence-electron chi connectivity index (χ3n) is 3.86. The van der Waals surface area contributed by atoms with Crippen LogP contribution in [0, 0.1) is 11.6 Å². The topological polar surface area (TPSA) is 54.9 Å². The first-order valence-electron chi connectivity index (χ1n) is 8.76. The minimum Gasteiger partial charge on any atom is -0.379 e. The van der Waals surface area contributed by atoms with Gasteiger partial charge in [-0.25, -0.2) is 8.78 Å². The van der Waals surface area contributed by atoms with Crippen molar-refractivity contribution in [3.63, 3.8) is 0 Å². The summed E-state index contributed by atoms with van der Waals surface area (Å²) in [5.74, 6) is -0.208. The Hall–Kier alpha value is -1.73. The van der Waals surface area contributed by atoms with Gasteiger partial charge in [-0.2, -0.15) is 0 Å². The zero-order valence-corrected chi connectivity index (χ0v) is 14.9. The third-order valence-corrected chi connectivity index (χ3v) is 3.86. The van der Waals surface area contributed by atoms with Crippen molar-refractivity contribution in [2.75, 3.05) is 32.9 Å². The van der Waals surface area contributed by atoms with Crippen LogP contribution in [0.4, 0.5) is 8.78 Å². The van der Waals surface area contributed by atoms with Crippen LogP contribution in [0.2, 0.25) is 0 Å². The van der Waals surface area contributed by atoms with Crippen molar-refractivity contribution in [3.05, 3.63) is 35.4 Å². The number of benzene rings is 1. The summed E-state index contributed by atoms with van der Waals surface area (Å²) in [5.41, 5.74) is 0.331. The van der Waals surface area contributed by atoms with Gasteiger partial charge in [-0.1, -0.05) is 0 Å². The van der Waals surface area contributed by atoms with Crippen LogP contribution in [0.3, 0.4) is 0 Å². The second-order valence-electron chi connectivity index (χ2n) is 6.11. The number of nitrogens with one attached hydrogen (secondary N) is 2. The van der Waals surface area contributed by atoms with Gasteiger partial charge in [0.2, 0.25) is 0 Å². The maximum Gasteiger partial charge on any atom is 0.191 e. The van der Waals surface area contributed by atoms with Crippen LogP contribution in [0.1, 0.15) is 25.8 Å². The Labute approximate surface area is 147 Å². The molecular formula is C18H27F2N3O2. The fourth-order valence-corrected chi connectivity index (χ4v) is 2.54. The van der Waals surface area contributed by atoms with Gasteiger partial charge in [0.25, 0.3) is 0 Å². The lowest BCUT2D eigenvalue weighted by Gasteiger charge is -2.19. The largest absolute Gasteiger partial charge is 0.379 e. The molecule has 1 aromatic carbocycles. The van der Waals surface area contributed by atoms with Gasteiger partial charge in [0.05, 0.1) is 19.3 Å². The summed E-state index contributed by atoms with van der Waals surface area (Å²) in [6.45, 7) is 7.02. The lowest BCUT2D eigenvalue weighted by Crippen LogP contribution is -2.44. The van der Waals surface area contributed by atoms with Crippen LogP contribution >= 0.6 is 0 Å². The normalized spacial score (nSPS) is 19.0. The first-order chi connectivity index (χ1) is 12.1. The van der Waals surface area contributed by atoms with E-state index in [4.69, 9.17) is 9.47 Å². The lowest BCUT2D eigenvalue weighted by atomic mass is 10.1. The molecule has 0 bridgehead atoms. The smallest absolute Gasteiger partial charge is 0.191 e. The van der Waals surface area contributed by atoms with Crippen molar-refractivity contribution in [2.45, 2.75) is 38.8 Å². The number of guanidine groups is 1. The summed E-state index contributed by atoms with van der Waals surface area (Å²) in [6.07, 6.45) is 1.43. The maximum absolute atomic E-state index is 13.6. The van der Waals surface area contributed by atoms with E-state index in [1.807, 2.05) is 13.8 Å². The van der Waals surface area contributed by atoms with Gasteiger partial charge >= 0.3 is 0 Å². The minimum atomic E-state index is -0.438. The molecule has 1 aliphatic heterocycles. The van der Waals surface area contributed by atoms with E-state index in [-0.39, 0.29) is 12.1 Å². The summed E-state index contributed by atoms with van der Waals surface area (Å²) in [6, 6.07) is 3.55. The highest BCUT2D eigenvalue weighted by Crippen LogP contribution is 2.10. The molecule has 5 nitrogen and oxygen atoms in total. The van der Waals surface area contributed by atoms with E-state index in [1.54, 1.807) is 0 Å². The Bertz CT molecular complexity index is 563. The highest BCUT2D eigenvalue weighted by Gasteiger charge is 2.17. The van der Waals surface area contributed by atoms with Crippen LogP contribution < -0.4 is 10.6 Å². The molecule has 1 aliphatic rings. The minimum absolute atomic E-state index is 0.0734. The number of nitrogens with zero attached hydrogens (tertiary/aromatic N) is 1. The molecule has 0 spiro atoms. The van der Waals surface area contributed by atoms with Gasteiger partial charge in [-0.3, -0.25) is 4.99 Å². The zero-order valence-electron chi connectivity index (χ0n) is 14.9.